The lowest BCUT2D eigenvalue weighted by molar-refractivity contribution is -0.384. The Morgan fingerprint density at radius 3 is 2.50 bits per heavy atom. The highest BCUT2D eigenvalue weighted by Crippen LogP contribution is 2.26. The van der Waals surface area contributed by atoms with Crippen molar-refractivity contribution in [3.63, 3.8) is 0 Å². The lowest BCUT2D eigenvalue weighted by Gasteiger charge is -2.16. The van der Waals surface area contributed by atoms with Crippen molar-refractivity contribution in [3.05, 3.63) is 88.5 Å². The number of benzene rings is 3. The highest BCUT2D eigenvalue weighted by atomic mass is 16.6. The summed E-state index contributed by atoms with van der Waals surface area (Å²) in [5.41, 5.74) is 1.38. The maximum Gasteiger partial charge on any atom is 0.271 e. The molecular formula is C22H18N4O4. The Bertz CT molecular complexity index is 1110. The van der Waals surface area contributed by atoms with E-state index in [0.717, 1.165) is 0 Å². The van der Waals surface area contributed by atoms with E-state index < -0.39 is 11.0 Å². The molecule has 0 saturated heterocycles. The minimum absolute atomic E-state index is 0.0954. The topological polar surface area (TPSA) is 117 Å². The van der Waals surface area contributed by atoms with E-state index in [-0.39, 0.29) is 11.6 Å². The highest BCUT2D eigenvalue weighted by molar-refractivity contribution is 5.96. The number of ether oxygens (including phenoxy) is 1. The predicted molar refractivity (Wildman–Crippen MR) is 112 cm³/mol. The van der Waals surface area contributed by atoms with E-state index in [1.807, 2.05) is 0 Å². The van der Waals surface area contributed by atoms with Gasteiger partial charge in [-0.1, -0.05) is 18.2 Å². The number of nitriles is 1. The standard InChI is InChI=1S/C22H18N4O4/c1-15(22(27)25-18-6-4-7-19(13-18)26(28)29)24-17-9-11-20(12-10-17)30-21-8-3-2-5-16(21)14-23/h2-13,15,24H,1H3,(H,25,27). The molecule has 8 nitrogen and oxygen atoms in total. The van der Waals surface area contributed by atoms with E-state index in [4.69, 9.17) is 10.00 Å². The quantitative estimate of drug-likeness (QED) is 0.437. The molecule has 1 unspecified atom stereocenters. The minimum atomic E-state index is -0.588. The van der Waals surface area contributed by atoms with Crippen LogP contribution in [0.2, 0.25) is 0 Å². The monoisotopic (exact) mass is 402 g/mol. The van der Waals surface area contributed by atoms with E-state index in [1.54, 1.807) is 61.5 Å². The second-order valence-corrected chi connectivity index (χ2v) is 6.40. The normalized spacial score (nSPS) is 11.1. The van der Waals surface area contributed by atoms with Gasteiger partial charge in [-0.15, -0.1) is 0 Å². The number of nitro benzene ring substituents is 1. The Morgan fingerprint density at radius 1 is 1.07 bits per heavy atom. The summed E-state index contributed by atoms with van der Waals surface area (Å²) in [6, 6.07) is 21.1. The third kappa shape index (κ3) is 5.11. The summed E-state index contributed by atoms with van der Waals surface area (Å²) < 4.78 is 5.73. The third-order valence-corrected chi connectivity index (χ3v) is 4.19. The molecule has 3 rings (SSSR count). The maximum atomic E-state index is 12.4. The fourth-order valence-corrected chi connectivity index (χ4v) is 2.66. The molecule has 0 bridgehead atoms. The van der Waals surface area contributed by atoms with Crippen LogP contribution in [0.1, 0.15) is 12.5 Å². The van der Waals surface area contributed by atoms with Gasteiger partial charge in [-0.3, -0.25) is 14.9 Å². The van der Waals surface area contributed by atoms with Crippen LogP contribution in [0.15, 0.2) is 72.8 Å². The molecule has 1 atom stereocenters. The number of nitrogens with zero attached hydrogens (tertiary/aromatic N) is 2. The molecule has 0 aliphatic carbocycles. The van der Waals surface area contributed by atoms with Gasteiger partial charge in [0.15, 0.2) is 0 Å². The molecule has 0 fully saturated rings. The Labute approximate surface area is 172 Å². The van der Waals surface area contributed by atoms with Crippen LogP contribution >= 0.6 is 0 Å². The summed E-state index contributed by atoms with van der Waals surface area (Å²) in [5, 5.41) is 25.7. The average Bonchev–Trinajstić information content (AvgIpc) is 2.75. The molecule has 30 heavy (non-hydrogen) atoms. The zero-order valence-corrected chi connectivity index (χ0v) is 16.0. The van der Waals surface area contributed by atoms with Crippen LogP contribution in [-0.2, 0) is 4.79 Å². The Morgan fingerprint density at radius 2 is 1.80 bits per heavy atom. The van der Waals surface area contributed by atoms with Crippen molar-refractivity contribution in [2.45, 2.75) is 13.0 Å². The lowest BCUT2D eigenvalue weighted by atomic mass is 10.2. The Hall–Kier alpha value is -4.38. The van der Waals surface area contributed by atoms with Gasteiger partial charge in [0, 0.05) is 23.5 Å². The molecule has 0 aliphatic heterocycles. The van der Waals surface area contributed by atoms with Gasteiger partial charge in [-0.05, 0) is 49.4 Å². The van der Waals surface area contributed by atoms with Gasteiger partial charge in [-0.2, -0.15) is 5.26 Å². The highest BCUT2D eigenvalue weighted by Gasteiger charge is 2.14. The first-order chi connectivity index (χ1) is 14.5. The molecule has 150 valence electrons. The molecule has 1 amide bonds. The Kier molecular flexibility index (Phi) is 6.25. The molecule has 0 heterocycles. The number of anilines is 2. The number of hydrogen-bond acceptors (Lipinski definition) is 6. The smallest absolute Gasteiger partial charge is 0.271 e. The third-order valence-electron chi connectivity index (χ3n) is 4.19. The number of non-ortho nitro benzene ring substituents is 1. The predicted octanol–water partition coefficient (Wildman–Crippen LogP) is 4.70. The number of rotatable bonds is 7. The number of para-hydroxylation sites is 1. The van der Waals surface area contributed by atoms with Crippen molar-refractivity contribution in [3.8, 4) is 17.6 Å². The van der Waals surface area contributed by atoms with Crippen LogP contribution in [-0.4, -0.2) is 16.9 Å². The van der Waals surface area contributed by atoms with E-state index >= 15 is 0 Å². The summed E-state index contributed by atoms with van der Waals surface area (Å²) in [4.78, 5) is 22.7. The van der Waals surface area contributed by atoms with Crippen molar-refractivity contribution < 1.29 is 14.5 Å². The van der Waals surface area contributed by atoms with Crippen LogP contribution in [0, 0.1) is 21.4 Å². The summed E-state index contributed by atoms with van der Waals surface area (Å²) in [6.07, 6.45) is 0. The molecule has 0 aromatic heterocycles. The first-order valence-electron chi connectivity index (χ1n) is 9.05. The van der Waals surface area contributed by atoms with Gasteiger partial charge in [0.25, 0.3) is 5.69 Å². The Balaban J connectivity index is 1.61. The number of carbonyl (C=O) groups is 1. The first kappa shape index (κ1) is 20.4. The van der Waals surface area contributed by atoms with Gasteiger partial charge in [0.05, 0.1) is 10.5 Å². The SMILES string of the molecule is CC(Nc1ccc(Oc2ccccc2C#N)cc1)C(=O)Nc1cccc([N+](=O)[O-])c1. The van der Waals surface area contributed by atoms with E-state index in [1.165, 1.54) is 18.2 Å². The first-order valence-corrected chi connectivity index (χ1v) is 9.05. The van der Waals surface area contributed by atoms with E-state index in [2.05, 4.69) is 16.7 Å². The largest absolute Gasteiger partial charge is 0.456 e. The number of nitrogens with one attached hydrogen (secondary N) is 2. The summed E-state index contributed by atoms with van der Waals surface area (Å²) in [7, 11) is 0. The number of carbonyl (C=O) groups excluding carboxylic acids is 1. The number of hydrogen-bond donors (Lipinski definition) is 2. The van der Waals surface area contributed by atoms with Crippen molar-refractivity contribution >= 4 is 23.0 Å². The molecule has 2 N–H and O–H groups in total. The molecule has 3 aromatic carbocycles. The zero-order chi connectivity index (χ0) is 21.5. The molecule has 0 saturated carbocycles. The molecule has 0 spiro atoms. The van der Waals surface area contributed by atoms with Crippen molar-refractivity contribution in [2.75, 3.05) is 10.6 Å². The maximum absolute atomic E-state index is 12.4. The van der Waals surface area contributed by atoms with Crippen molar-refractivity contribution in [1.29, 1.82) is 5.26 Å². The fraction of sp³-hybridized carbons (Fsp3) is 0.0909. The van der Waals surface area contributed by atoms with Crippen LogP contribution in [0.4, 0.5) is 17.1 Å². The van der Waals surface area contributed by atoms with E-state index in [0.29, 0.717) is 28.4 Å². The second kappa shape index (κ2) is 9.21. The van der Waals surface area contributed by atoms with Crippen molar-refractivity contribution in [1.82, 2.24) is 0 Å². The van der Waals surface area contributed by atoms with Crippen LogP contribution in [0.3, 0.4) is 0 Å². The summed E-state index contributed by atoms with van der Waals surface area (Å²) in [5.74, 6) is 0.682. The van der Waals surface area contributed by atoms with Crippen LogP contribution in [0.5, 0.6) is 11.5 Å². The summed E-state index contributed by atoms with van der Waals surface area (Å²) in [6.45, 7) is 1.68. The molecule has 8 heteroatoms. The van der Waals surface area contributed by atoms with Gasteiger partial charge < -0.3 is 15.4 Å². The number of nitro groups is 1. The average molecular weight is 402 g/mol. The minimum Gasteiger partial charge on any atom is -0.456 e. The van der Waals surface area contributed by atoms with E-state index in [9.17, 15) is 14.9 Å². The van der Waals surface area contributed by atoms with Gasteiger partial charge in [-0.25, -0.2) is 0 Å². The fourth-order valence-electron chi connectivity index (χ4n) is 2.66. The molecular weight excluding hydrogens is 384 g/mol. The van der Waals surface area contributed by atoms with Gasteiger partial charge in [0.2, 0.25) is 5.91 Å². The van der Waals surface area contributed by atoms with Crippen LogP contribution < -0.4 is 15.4 Å². The number of amides is 1. The van der Waals surface area contributed by atoms with Gasteiger partial charge in [0.1, 0.15) is 23.6 Å². The molecule has 3 aromatic rings. The lowest BCUT2D eigenvalue weighted by Crippen LogP contribution is -2.31. The van der Waals surface area contributed by atoms with Gasteiger partial charge >= 0.3 is 0 Å². The molecule has 0 radical (unpaired) electrons. The summed E-state index contributed by atoms with van der Waals surface area (Å²) >= 11 is 0. The zero-order valence-electron chi connectivity index (χ0n) is 16.0. The van der Waals surface area contributed by atoms with Crippen molar-refractivity contribution in [2.24, 2.45) is 0 Å². The van der Waals surface area contributed by atoms with Crippen LogP contribution in [0.25, 0.3) is 0 Å². The second-order valence-electron chi connectivity index (χ2n) is 6.40. The molecule has 0 aliphatic rings.